The molecule has 0 heterocycles. The van der Waals surface area contributed by atoms with Gasteiger partial charge in [0.15, 0.2) is 0 Å². The summed E-state index contributed by atoms with van der Waals surface area (Å²) >= 11 is 0. The second-order valence-corrected chi connectivity index (χ2v) is 5.53. The van der Waals surface area contributed by atoms with Gasteiger partial charge in [-0.25, -0.2) is 0 Å². The molecule has 0 aromatic heterocycles. The van der Waals surface area contributed by atoms with Crippen LogP contribution in [-0.4, -0.2) is 21.9 Å². The zero-order chi connectivity index (χ0) is 11.4. The lowest BCUT2D eigenvalue weighted by atomic mass is 9.89. The summed E-state index contributed by atoms with van der Waals surface area (Å²) < 4.78 is 0. The molecule has 0 spiro atoms. The predicted octanol–water partition coefficient (Wildman–Crippen LogP) is 2.58. The van der Waals surface area contributed by atoms with Crippen LogP contribution in [0.5, 0.6) is 0 Å². The van der Waals surface area contributed by atoms with Crippen molar-refractivity contribution in [3.8, 4) is 0 Å². The summed E-state index contributed by atoms with van der Waals surface area (Å²) in [6.07, 6.45) is 2.27. The average Bonchev–Trinajstić information content (AvgIpc) is 1.97. The van der Waals surface area contributed by atoms with Gasteiger partial charge in [0.2, 0.25) is 0 Å². The van der Waals surface area contributed by atoms with E-state index < -0.39 is 5.60 Å². The minimum absolute atomic E-state index is 0.225. The standard InChI is InChI=1S/C12H26O2/c1-9(2)8-11(13)10(3)6-7-12(4,5)14/h9-11,13-14H,6-8H2,1-5H3/t10-,11?/m1/s1. The predicted molar refractivity (Wildman–Crippen MR) is 60.2 cm³/mol. The summed E-state index contributed by atoms with van der Waals surface area (Å²) in [4.78, 5) is 0. The van der Waals surface area contributed by atoms with Gasteiger partial charge in [-0.3, -0.25) is 0 Å². The molecule has 1 unspecified atom stereocenters. The maximum atomic E-state index is 9.80. The molecule has 2 atom stereocenters. The third-order valence-electron chi connectivity index (χ3n) is 2.58. The molecule has 0 aromatic carbocycles. The molecule has 0 saturated carbocycles. The molecule has 0 aromatic rings. The molecule has 2 heteroatoms. The van der Waals surface area contributed by atoms with E-state index in [0.717, 1.165) is 19.3 Å². The highest BCUT2D eigenvalue weighted by atomic mass is 16.3. The molecule has 0 aliphatic rings. The molecule has 86 valence electrons. The minimum Gasteiger partial charge on any atom is -0.393 e. The van der Waals surface area contributed by atoms with Gasteiger partial charge in [0.05, 0.1) is 11.7 Å². The average molecular weight is 202 g/mol. The Morgan fingerprint density at radius 3 is 2.00 bits per heavy atom. The van der Waals surface area contributed by atoms with E-state index in [4.69, 9.17) is 0 Å². The lowest BCUT2D eigenvalue weighted by molar-refractivity contribution is 0.0426. The van der Waals surface area contributed by atoms with Gasteiger partial charge in [-0.05, 0) is 44.9 Å². The fourth-order valence-electron chi connectivity index (χ4n) is 1.49. The van der Waals surface area contributed by atoms with Crippen molar-refractivity contribution in [2.75, 3.05) is 0 Å². The van der Waals surface area contributed by atoms with Crippen molar-refractivity contribution in [2.45, 2.75) is 65.6 Å². The molecule has 0 aliphatic heterocycles. The molecule has 0 radical (unpaired) electrons. The van der Waals surface area contributed by atoms with Crippen molar-refractivity contribution in [2.24, 2.45) is 11.8 Å². The van der Waals surface area contributed by atoms with Crippen LogP contribution in [0.25, 0.3) is 0 Å². The number of aliphatic hydroxyl groups excluding tert-OH is 1. The van der Waals surface area contributed by atoms with E-state index in [-0.39, 0.29) is 12.0 Å². The monoisotopic (exact) mass is 202 g/mol. The molecular formula is C12H26O2. The van der Waals surface area contributed by atoms with Crippen molar-refractivity contribution in [3.63, 3.8) is 0 Å². The molecule has 0 aliphatic carbocycles. The number of rotatable bonds is 6. The van der Waals surface area contributed by atoms with Crippen LogP contribution in [-0.2, 0) is 0 Å². The van der Waals surface area contributed by atoms with Crippen LogP contribution in [0.2, 0.25) is 0 Å². The molecule has 0 fully saturated rings. The quantitative estimate of drug-likeness (QED) is 0.695. The summed E-state index contributed by atoms with van der Waals surface area (Å²) in [6, 6.07) is 0. The van der Waals surface area contributed by atoms with Gasteiger partial charge in [0.25, 0.3) is 0 Å². The third-order valence-corrected chi connectivity index (χ3v) is 2.58. The Labute approximate surface area is 88.3 Å². The van der Waals surface area contributed by atoms with Gasteiger partial charge in [0.1, 0.15) is 0 Å². The van der Waals surface area contributed by atoms with Crippen LogP contribution in [0.1, 0.15) is 53.9 Å². The van der Waals surface area contributed by atoms with Crippen molar-refractivity contribution in [1.29, 1.82) is 0 Å². The Morgan fingerprint density at radius 2 is 1.64 bits per heavy atom. The van der Waals surface area contributed by atoms with Crippen LogP contribution < -0.4 is 0 Å². The second-order valence-electron chi connectivity index (χ2n) is 5.53. The van der Waals surface area contributed by atoms with Gasteiger partial charge < -0.3 is 10.2 Å². The first-order chi connectivity index (χ1) is 6.22. The Kier molecular flexibility index (Phi) is 5.68. The van der Waals surface area contributed by atoms with E-state index in [1.165, 1.54) is 0 Å². The number of hydrogen-bond acceptors (Lipinski definition) is 2. The number of aliphatic hydroxyl groups is 2. The summed E-state index contributed by atoms with van der Waals surface area (Å²) in [7, 11) is 0. The molecule has 0 rings (SSSR count). The SMILES string of the molecule is CC(C)CC(O)[C@H](C)CCC(C)(C)O. The highest BCUT2D eigenvalue weighted by Crippen LogP contribution is 2.21. The topological polar surface area (TPSA) is 40.5 Å². The van der Waals surface area contributed by atoms with E-state index in [2.05, 4.69) is 20.8 Å². The summed E-state index contributed by atoms with van der Waals surface area (Å²) in [5, 5.41) is 19.4. The van der Waals surface area contributed by atoms with E-state index in [0.29, 0.717) is 5.92 Å². The highest BCUT2D eigenvalue weighted by molar-refractivity contribution is 4.71. The van der Waals surface area contributed by atoms with Crippen molar-refractivity contribution in [1.82, 2.24) is 0 Å². The Hall–Kier alpha value is -0.0800. The summed E-state index contributed by atoms with van der Waals surface area (Å²) in [5.41, 5.74) is -0.605. The van der Waals surface area contributed by atoms with Crippen molar-refractivity contribution in [3.05, 3.63) is 0 Å². The maximum Gasteiger partial charge on any atom is 0.0591 e. The number of hydrogen-bond donors (Lipinski definition) is 2. The summed E-state index contributed by atoms with van der Waals surface area (Å²) in [6.45, 7) is 9.92. The Bertz CT molecular complexity index is 147. The van der Waals surface area contributed by atoms with Crippen LogP contribution in [0.3, 0.4) is 0 Å². The van der Waals surface area contributed by atoms with Gasteiger partial charge >= 0.3 is 0 Å². The molecule has 0 bridgehead atoms. The lowest BCUT2D eigenvalue weighted by Crippen LogP contribution is -2.24. The first-order valence-corrected chi connectivity index (χ1v) is 5.63. The second kappa shape index (κ2) is 5.72. The van der Waals surface area contributed by atoms with Gasteiger partial charge in [-0.2, -0.15) is 0 Å². The van der Waals surface area contributed by atoms with Crippen LogP contribution in [0.4, 0.5) is 0 Å². The maximum absolute atomic E-state index is 9.80. The zero-order valence-electron chi connectivity index (χ0n) is 10.2. The molecule has 0 amide bonds. The van der Waals surface area contributed by atoms with Gasteiger partial charge in [0, 0.05) is 0 Å². The van der Waals surface area contributed by atoms with Crippen molar-refractivity contribution >= 4 is 0 Å². The fourth-order valence-corrected chi connectivity index (χ4v) is 1.49. The molecular weight excluding hydrogens is 176 g/mol. The van der Waals surface area contributed by atoms with Crippen LogP contribution >= 0.6 is 0 Å². The Morgan fingerprint density at radius 1 is 1.14 bits per heavy atom. The van der Waals surface area contributed by atoms with Gasteiger partial charge in [-0.15, -0.1) is 0 Å². The highest BCUT2D eigenvalue weighted by Gasteiger charge is 2.19. The van der Waals surface area contributed by atoms with Crippen LogP contribution in [0, 0.1) is 11.8 Å². The zero-order valence-corrected chi connectivity index (χ0v) is 10.2. The molecule has 14 heavy (non-hydrogen) atoms. The smallest absolute Gasteiger partial charge is 0.0591 e. The first-order valence-electron chi connectivity index (χ1n) is 5.63. The fraction of sp³-hybridized carbons (Fsp3) is 1.00. The van der Waals surface area contributed by atoms with E-state index >= 15 is 0 Å². The Balaban J connectivity index is 3.78. The van der Waals surface area contributed by atoms with Crippen molar-refractivity contribution < 1.29 is 10.2 Å². The molecule has 2 nitrogen and oxygen atoms in total. The van der Waals surface area contributed by atoms with Gasteiger partial charge in [-0.1, -0.05) is 20.8 Å². The van der Waals surface area contributed by atoms with E-state index in [9.17, 15) is 10.2 Å². The summed E-state index contributed by atoms with van der Waals surface area (Å²) in [5.74, 6) is 0.818. The first kappa shape index (κ1) is 13.9. The third kappa shape index (κ3) is 7.34. The van der Waals surface area contributed by atoms with E-state index in [1.807, 2.05) is 13.8 Å². The molecule has 2 N–H and O–H groups in total. The largest absolute Gasteiger partial charge is 0.393 e. The normalized spacial score (nSPS) is 17.1. The molecule has 0 saturated heterocycles. The minimum atomic E-state index is -0.605. The lowest BCUT2D eigenvalue weighted by Gasteiger charge is -2.24. The van der Waals surface area contributed by atoms with E-state index in [1.54, 1.807) is 0 Å². The van der Waals surface area contributed by atoms with Crippen LogP contribution in [0.15, 0.2) is 0 Å².